The number of benzene rings is 1. The summed E-state index contributed by atoms with van der Waals surface area (Å²) >= 11 is 5.94. The maximum atomic E-state index is 11.6. The fourth-order valence-electron chi connectivity index (χ4n) is 1.86. The molecule has 0 heterocycles. The van der Waals surface area contributed by atoms with E-state index >= 15 is 0 Å². The summed E-state index contributed by atoms with van der Waals surface area (Å²) in [6.07, 6.45) is 0.761. The molecule has 0 spiro atoms. The molecule has 0 fully saturated rings. The van der Waals surface area contributed by atoms with E-state index < -0.39 is 0 Å². The van der Waals surface area contributed by atoms with Gasteiger partial charge in [0.1, 0.15) is 0 Å². The third-order valence-corrected chi connectivity index (χ3v) is 2.98. The van der Waals surface area contributed by atoms with Gasteiger partial charge in [0.2, 0.25) is 0 Å². The van der Waals surface area contributed by atoms with Gasteiger partial charge in [0.05, 0.1) is 5.38 Å². The van der Waals surface area contributed by atoms with Gasteiger partial charge in [-0.3, -0.25) is 4.79 Å². The van der Waals surface area contributed by atoms with E-state index in [1.165, 1.54) is 0 Å². The van der Waals surface area contributed by atoms with Gasteiger partial charge in [0.25, 0.3) is 0 Å². The summed E-state index contributed by atoms with van der Waals surface area (Å²) in [5, 5.41) is -0.329. The van der Waals surface area contributed by atoms with Crippen molar-refractivity contribution in [3.8, 4) is 0 Å². The average Bonchev–Trinajstić information content (AvgIpc) is 2.15. The first-order valence-electron chi connectivity index (χ1n) is 4.47. The lowest BCUT2D eigenvalue weighted by atomic mass is 9.83. The van der Waals surface area contributed by atoms with Crippen LogP contribution in [0.4, 0.5) is 0 Å². The highest BCUT2D eigenvalue weighted by Crippen LogP contribution is 2.33. The Morgan fingerprint density at radius 1 is 1.38 bits per heavy atom. The van der Waals surface area contributed by atoms with Gasteiger partial charge in [-0.15, -0.1) is 11.6 Å². The Hall–Kier alpha value is -0.820. The molecule has 0 aromatic heterocycles. The first-order chi connectivity index (χ1) is 6.20. The quantitative estimate of drug-likeness (QED) is 0.581. The molecule has 1 aliphatic rings. The highest BCUT2D eigenvalue weighted by molar-refractivity contribution is 6.34. The number of fused-ring (bicyclic) bond motifs is 1. The lowest BCUT2D eigenvalue weighted by molar-refractivity contribution is 0.0972. The largest absolute Gasteiger partial charge is 0.292 e. The van der Waals surface area contributed by atoms with Crippen molar-refractivity contribution in [1.29, 1.82) is 0 Å². The van der Waals surface area contributed by atoms with Crippen molar-refractivity contribution in [3.05, 3.63) is 35.4 Å². The maximum Gasteiger partial charge on any atom is 0.180 e. The molecule has 0 saturated heterocycles. The first kappa shape index (κ1) is 8.76. The molecule has 0 amide bonds. The van der Waals surface area contributed by atoms with Crippen molar-refractivity contribution in [2.45, 2.75) is 24.6 Å². The highest BCUT2D eigenvalue weighted by Gasteiger charge is 2.29. The molecule has 0 saturated carbocycles. The number of hydrogen-bond acceptors (Lipinski definition) is 1. The van der Waals surface area contributed by atoms with Crippen molar-refractivity contribution in [2.24, 2.45) is 0 Å². The summed E-state index contributed by atoms with van der Waals surface area (Å²) in [5.41, 5.74) is 1.95. The molecule has 0 radical (unpaired) electrons. The third-order valence-electron chi connectivity index (χ3n) is 2.60. The zero-order valence-electron chi connectivity index (χ0n) is 7.46. The maximum absolute atomic E-state index is 11.6. The summed E-state index contributed by atoms with van der Waals surface area (Å²) in [4.78, 5) is 11.6. The molecule has 2 heteroatoms. The van der Waals surface area contributed by atoms with Crippen LogP contribution in [0.1, 0.15) is 35.2 Å². The summed E-state index contributed by atoms with van der Waals surface area (Å²) in [5.74, 6) is 0.478. The first-order valence-corrected chi connectivity index (χ1v) is 4.91. The van der Waals surface area contributed by atoms with Gasteiger partial charge in [0.15, 0.2) is 5.78 Å². The van der Waals surface area contributed by atoms with E-state index in [0.717, 1.165) is 17.5 Å². The number of alkyl halides is 1. The lowest BCUT2D eigenvalue weighted by Gasteiger charge is -2.24. The number of carbonyl (C=O) groups is 1. The Bertz CT molecular complexity index is 346. The van der Waals surface area contributed by atoms with Crippen molar-refractivity contribution >= 4 is 17.4 Å². The SMILES string of the molecule is CC1CC(Cl)C(=O)c2ccccc21. The van der Waals surface area contributed by atoms with Gasteiger partial charge < -0.3 is 0 Å². The van der Waals surface area contributed by atoms with Crippen LogP contribution in [0.25, 0.3) is 0 Å². The third kappa shape index (κ3) is 1.37. The van der Waals surface area contributed by atoms with E-state index in [-0.39, 0.29) is 11.2 Å². The molecule has 2 unspecified atom stereocenters. The van der Waals surface area contributed by atoms with Crippen LogP contribution in [0.5, 0.6) is 0 Å². The minimum absolute atomic E-state index is 0.0790. The summed E-state index contributed by atoms with van der Waals surface area (Å²) in [7, 11) is 0. The molecule has 0 bridgehead atoms. The molecule has 0 N–H and O–H groups in total. The van der Waals surface area contributed by atoms with Gasteiger partial charge >= 0.3 is 0 Å². The van der Waals surface area contributed by atoms with Gasteiger partial charge in [0, 0.05) is 5.56 Å². The lowest BCUT2D eigenvalue weighted by Crippen LogP contribution is -2.24. The normalized spacial score (nSPS) is 27.1. The standard InChI is InChI=1S/C11H11ClO/c1-7-6-10(12)11(13)9-5-3-2-4-8(7)9/h2-5,7,10H,6H2,1H3. The Balaban J connectivity index is 2.54. The van der Waals surface area contributed by atoms with Crippen molar-refractivity contribution in [2.75, 3.05) is 0 Å². The van der Waals surface area contributed by atoms with Crippen LogP contribution in [-0.4, -0.2) is 11.2 Å². The fraction of sp³-hybridized carbons (Fsp3) is 0.364. The van der Waals surface area contributed by atoms with Gasteiger partial charge in [-0.25, -0.2) is 0 Å². The number of halogens is 1. The van der Waals surface area contributed by atoms with E-state index in [9.17, 15) is 4.79 Å². The molecule has 0 aliphatic heterocycles. The van der Waals surface area contributed by atoms with Gasteiger partial charge in [-0.05, 0) is 17.9 Å². The van der Waals surface area contributed by atoms with Crippen molar-refractivity contribution < 1.29 is 4.79 Å². The summed E-state index contributed by atoms with van der Waals surface area (Å²) in [6.45, 7) is 2.11. The molecule has 13 heavy (non-hydrogen) atoms. The van der Waals surface area contributed by atoms with E-state index in [2.05, 4.69) is 6.92 Å². The predicted octanol–water partition coefficient (Wildman–Crippen LogP) is 2.98. The van der Waals surface area contributed by atoms with E-state index in [4.69, 9.17) is 11.6 Å². The second-order valence-electron chi connectivity index (χ2n) is 3.56. The average molecular weight is 195 g/mol. The highest BCUT2D eigenvalue weighted by atomic mass is 35.5. The topological polar surface area (TPSA) is 17.1 Å². The Morgan fingerprint density at radius 2 is 2.08 bits per heavy atom. The number of Topliss-reactive ketones (excluding diaryl/α,β-unsaturated/α-hetero) is 1. The minimum Gasteiger partial charge on any atom is -0.292 e. The molecule has 1 aliphatic carbocycles. The molecule has 1 aromatic carbocycles. The van der Waals surface area contributed by atoms with E-state index in [1.807, 2.05) is 24.3 Å². The Morgan fingerprint density at radius 3 is 2.85 bits per heavy atom. The van der Waals surface area contributed by atoms with Crippen molar-refractivity contribution in [1.82, 2.24) is 0 Å². The van der Waals surface area contributed by atoms with Crippen molar-refractivity contribution in [3.63, 3.8) is 0 Å². The van der Waals surface area contributed by atoms with Crippen LogP contribution in [0, 0.1) is 0 Å². The van der Waals surface area contributed by atoms with E-state index in [0.29, 0.717) is 5.92 Å². The molecular weight excluding hydrogens is 184 g/mol. The predicted molar refractivity (Wildman–Crippen MR) is 53.4 cm³/mol. The minimum atomic E-state index is -0.329. The van der Waals surface area contributed by atoms with Crippen LogP contribution in [0.2, 0.25) is 0 Å². The fourth-order valence-corrected chi connectivity index (χ4v) is 2.25. The molecule has 1 nitrogen and oxygen atoms in total. The summed E-state index contributed by atoms with van der Waals surface area (Å²) in [6, 6.07) is 7.74. The van der Waals surface area contributed by atoms with Crippen LogP contribution < -0.4 is 0 Å². The smallest absolute Gasteiger partial charge is 0.180 e. The Labute approximate surface area is 82.7 Å². The van der Waals surface area contributed by atoms with Gasteiger partial charge in [-0.2, -0.15) is 0 Å². The summed E-state index contributed by atoms with van der Waals surface area (Å²) < 4.78 is 0. The second kappa shape index (κ2) is 3.15. The molecule has 2 atom stereocenters. The van der Waals surface area contributed by atoms with Crippen LogP contribution >= 0.6 is 11.6 Å². The second-order valence-corrected chi connectivity index (χ2v) is 4.08. The zero-order valence-corrected chi connectivity index (χ0v) is 8.21. The van der Waals surface area contributed by atoms with Gasteiger partial charge in [-0.1, -0.05) is 31.2 Å². The Kier molecular flexibility index (Phi) is 2.12. The van der Waals surface area contributed by atoms with E-state index in [1.54, 1.807) is 0 Å². The molecule has 68 valence electrons. The zero-order chi connectivity index (χ0) is 9.42. The number of carbonyl (C=O) groups excluding carboxylic acids is 1. The molecule has 2 rings (SSSR count). The number of hydrogen-bond donors (Lipinski definition) is 0. The number of rotatable bonds is 0. The molecule has 1 aromatic rings. The molecular formula is C11H11ClO. The van der Waals surface area contributed by atoms with Crippen LogP contribution in [-0.2, 0) is 0 Å². The number of ketones is 1. The van der Waals surface area contributed by atoms with Crippen LogP contribution in [0.3, 0.4) is 0 Å². The monoisotopic (exact) mass is 194 g/mol. The van der Waals surface area contributed by atoms with Crippen LogP contribution in [0.15, 0.2) is 24.3 Å².